The van der Waals surface area contributed by atoms with Crippen LogP contribution in [0.2, 0.25) is 0 Å². The minimum Gasteiger partial charge on any atom is -0.345 e. The van der Waals surface area contributed by atoms with Gasteiger partial charge in [0, 0.05) is 17.9 Å². The number of anilines is 1. The summed E-state index contributed by atoms with van der Waals surface area (Å²) < 4.78 is 0. The number of para-hydroxylation sites is 1. The summed E-state index contributed by atoms with van der Waals surface area (Å²) in [7, 11) is 0. The minimum atomic E-state index is 1.15. The lowest BCUT2D eigenvalue weighted by Crippen LogP contribution is -2.17. The number of fused-ring (bicyclic) bond motifs is 1. The van der Waals surface area contributed by atoms with E-state index < -0.39 is 0 Å². The quantitative estimate of drug-likeness (QED) is 0.682. The Hall–Kier alpha value is -1.24. The van der Waals surface area contributed by atoms with Crippen LogP contribution in [0.1, 0.15) is 38.7 Å². The van der Waals surface area contributed by atoms with Crippen LogP contribution in [-0.4, -0.2) is 6.54 Å². The van der Waals surface area contributed by atoms with E-state index in [4.69, 9.17) is 0 Å². The highest BCUT2D eigenvalue weighted by atomic mass is 15.2. The first-order valence-corrected chi connectivity index (χ1v) is 6.35. The molecule has 2 rings (SSSR count). The summed E-state index contributed by atoms with van der Waals surface area (Å²) in [5.74, 6) is 0. The van der Waals surface area contributed by atoms with E-state index in [9.17, 15) is 0 Å². The Labute approximate surface area is 98.8 Å². The predicted octanol–water partition coefficient (Wildman–Crippen LogP) is 4.14. The van der Waals surface area contributed by atoms with Gasteiger partial charge in [-0.05, 0) is 31.4 Å². The number of benzene rings is 1. The van der Waals surface area contributed by atoms with Crippen LogP contribution in [0.5, 0.6) is 0 Å². The van der Waals surface area contributed by atoms with Gasteiger partial charge >= 0.3 is 0 Å². The highest BCUT2D eigenvalue weighted by Gasteiger charge is 2.18. The molecule has 16 heavy (non-hydrogen) atoms. The van der Waals surface area contributed by atoms with Crippen LogP contribution in [-0.2, 0) is 6.42 Å². The van der Waals surface area contributed by atoms with Crippen molar-refractivity contribution < 1.29 is 0 Å². The van der Waals surface area contributed by atoms with Crippen molar-refractivity contribution in [3.63, 3.8) is 0 Å². The first kappa shape index (κ1) is 11.3. The van der Waals surface area contributed by atoms with Crippen molar-refractivity contribution in [1.29, 1.82) is 0 Å². The number of nitrogens with zero attached hydrogens (tertiary/aromatic N) is 1. The Morgan fingerprint density at radius 1 is 1.38 bits per heavy atom. The molecule has 0 saturated carbocycles. The zero-order valence-electron chi connectivity index (χ0n) is 10.4. The highest BCUT2D eigenvalue weighted by molar-refractivity contribution is 5.61. The van der Waals surface area contributed by atoms with Crippen molar-refractivity contribution in [2.24, 2.45) is 0 Å². The number of unbranched alkanes of at least 4 members (excludes halogenated alkanes) is 2. The normalized spacial score (nSPS) is 15.4. The Balaban J connectivity index is 2.09. The number of allylic oxidation sites excluding steroid dienone is 2. The highest BCUT2D eigenvalue weighted by Crippen LogP contribution is 2.30. The fourth-order valence-corrected chi connectivity index (χ4v) is 2.33. The van der Waals surface area contributed by atoms with E-state index in [2.05, 4.69) is 49.1 Å². The third-order valence-electron chi connectivity index (χ3n) is 3.31. The summed E-state index contributed by atoms with van der Waals surface area (Å²) in [5, 5.41) is 0. The standard InChI is InChI=1S/C15H21N/c1-3-4-5-8-13(2)16-12-11-14-9-6-7-10-15(14)16/h6-10H,3-5,11-12H2,1-2H3. The minimum absolute atomic E-state index is 1.15. The second kappa shape index (κ2) is 5.20. The molecule has 1 aliphatic heterocycles. The van der Waals surface area contributed by atoms with Crippen molar-refractivity contribution in [2.45, 2.75) is 39.5 Å². The van der Waals surface area contributed by atoms with Crippen LogP contribution in [0.25, 0.3) is 0 Å². The van der Waals surface area contributed by atoms with Gasteiger partial charge in [0.05, 0.1) is 0 Å². The molecule has 0 fully saturated rings. The van der Waals surface area contributed by atoms with Crippen LogP contribution in [0, 0.1) is 0 Å². The van der Waals surface area contributed by atoms with E-state index in [1.165, 1.54) is 42.6 Å². The van der Waals surface area contributed by atoms with E-state index in [0.29, 0.717) is 0 Å². The molecule has 0 N–H and O–H groups in total. The van der Waals surface area contributed by atoms with Crippen molar-refractivity contribution >= 4 is 5.69 Å². The van der Waals surface area contributed by atoms with Gasteiger partial charge in [0.2, 0.25) is 0 Å². The molecule has 0 bridgehead atoms. The van der Waals surface area contributed by atoms with Gasteiger partial charge < -0.3 is 4.90 Å². The maximum Gasteiger partial charge on any atom is 0.0441 e. The molecule has 1 aromatic rings. The lowest BCUT2D eigenvalue weighted by molar-refractivity contribution is 0.804. The first-order valence-electron chi connectivity index (χ1n) is 6.35. The summed E-state index contributed by atoms with van der Waals surface area (Å²) >= 11 is 0. The molecule has 1 nitrogen and oxygen atoms in total. The third-order valence-corrected chi connectivity index (χ3v) is 3.31. The lowest BCUT2D eigenvalue weighted by Gasteiger charge is -2.20. The van der Waals surface area contributed by atoms with Crippen LogP contribution in [0.3, 0.4) is 0 Å². The summed E-state index contributed by atoms with van der Waals surface area (Å²) in [4.78, 5) is 2.45. The van der Waals surface area contributed by atoms with Gasteiger partial charge in [-0.25, -0.2) is 0 Å². The van der Waals surface area contributed by atoms with Gasteiger partial charge in [-0.2, -0.15) is 0 Å². The molecule has 0 aliphatic carbocycles. The van der Waals surface area contributed by atoms with Crippen molar-refractivity contribution in [1.82, 2.24) is 0 Å². The Kier molecular flexibility index (Phi) is 3.66. The molecule has 1 aromatic carbocycles. The fraction of sp³-hybridized carbons (Fsp3) is 0.467. The monoisotopic (exact) mass is 215 g/mol. The van der Waals surface area contributed by atoms with E-state index in [-0.39, 0.29) is 0 Å². The Morgan fingerprint density at radius 2 is 2.19 bits per heavy atom. The molecule has 0 saturated heterocycles. The molecule has 1 heteroatoms. The molecule has 0 atom stereocenters. The largest absolute Gasteiger partial charge is 0.345 e. The molecule has 0 radical (unpaired) electrons. The summed E-state index contributed by atoms with van der Waals surface area (Å²) in [6, 6.07) is 8.75. The molecular weight excluding hydrogens is 194 g/mol. The summed E-state index contributed by atoms with van der Waals surface area (Å²) in [6.07, 6.45) is 7.36. The van der Waals surface area contributed by atoms with Crippen LogP contribution in [0.4, 0.5) is 5.69 Å². The van der Waals surface area contributed by atoms with Gasteiger partial charge in [0.1, 0.15) is 0 Å². The molecule has 0 aromatic heterocycles. The molecule has 0 amide bonds. The zero-order valence-corrected chi connectivity index (χ0v) is 10.4. The van der Waals surface area contributed by atoms with E-state index >= 15 is 0 Å². The van der Waals surface area contributed by atoms with Gasteiger partial charge in [-0.15, -0.1) is 0 Å². The maximum atomic E-state index is 2.45. The molecule has 0 spiro atoms. The van der Waals surface area contributed by atoms with Gasteiger partial charge in [0.15, 0.2) is 0 Å². The summed E-state index contributed by atoms with van der Waals surface area (Å²) in [5.41, 5.74) is 4.32. The molecule has 1 aliphatic rings. The number of hydrogen-bond acceptors (Lipinski definition) is 1. The average Bonchev–Trinajstić information content (AvgIpc) is 2.73. The van der Waals surface area contributed by atoms with Crippen LogP contribution in [0.15, 0.2) is 36.0 Å². The number of hydrogen-bond donors (Lipinski definition) is 0. The van der Waals surface area contributed by atoms with Crippen molar-refractivity contribution in [2.75, 3.05) is 11.4 Å². The fourth-order valence-electron chi connectivity index (χ4n) is 2.33. The zero-order chi connectivity index (χ0) is 11.4. The van der Waals surface area contributed by atoms with E-state index in [0.717, 1.165) is 6.54 Å². The second-order valence-electron chi connectivity index (χ2n) is 4.52. The smallest absolute Gasteiger partial charge is 0.0441 e. The van der Waals surface area contributed by atoms with Gasteiger partial charge in [-0.1, -0.05) is 44.0 Å². The van der Waals surface area contributed by atoms with Crippen molar-refractivity contribution in [3.8, 4) is 0 Å². The van der Waals surface area contributed by atoms with Gasteiger partial charge in [0.25, 0.3) is 0 Å². The topological polar surface area (TPSA) is 3.24 Å². The van der Waals surface area contributed by atoms with E-state index in [1.807, 2.05) is 0 Å². The van der Waals surface area contributed by atoms with Gasteiger partial charge in [-0.3, -0.25) is 0 Å². The average molecular weight is 215 g/mol. The molecular formula is C15H21N. The van der Waals surface area contributed by atoms with Crippen LogP contribution < -0.4 is 4.90 Å². The maximum absolute atomic E-state index is 2.45. The lowest BCUT2D eigenvalue weighted by atomic mass is 10.2. The predicted molar refractivity (Wildman–Crippen MR) is 70.8 cm³/mol. The molecule has 0 unspecified atom stereocenters. The number of rotatable bonds is 4. The van der Waals surface area contributed by atoms with E-state index in [1.54, 1.807) is 0 Å². The van der Waals surface area contributed by atoms with Crippen LogP contribution >= 0.6 is 0 Å². The van der Waals surface area contributed by atoms with Crippen molar-refractivity contribution in [3.05, 3.63) is 41.6 Å². The Bertz CT molecular complexity index is 379. The second-order valence-corrected chi connectivity index (χ2v) is 4.52. The Morgan fingerprint density at radius 3 is 3.00 bits per heavy atom. The molecule has 1 heterocycles. The first-order chi connectivity index (χ1) is 7.83. The SMILES string of the molecule is CCCCC=C(C)N1CCc2ccccc21. The summed E-state index contributed by atoms with van der Waals surface area (Å²) in [6.45, 7) is 5.62. The third kappa shape index (κ3) is 2.29. The molecule has 86 valence electrons.